The van der Waals surface area contributed by atoms with Crippen LogP contribution in [0, 0.1) is 12.8 Å². The zero-order chi connectivity index (χ0) is 40.0. The van der Waals surface area contributed by atoms with Crippen molar-refractivity contribution in [1.82, 2.24) is 30.1 Å². The third-order valence-electron chi connectivity index (χ3n) is 10.9. The number of allylic oxidation sites excluding steroid dienone is 1. The van der Waals surface area contributed by atoms with Crippen molar-refractivity contribution in [2.75, 3.05) is 6.54 Å². The highest BCUT2D eigenvalue weighted by Crippen LogP contribution is 2.46. The first kappa shape index (κ1) is 39.7. The summed E-state index contributed by atoms with van der Waals surface area (Å²) in [7, 11) is -3.91. The molecule has 17 heteroatoms. The van der Waals surface area contributed by atoms with Gasteiger partial charge in [-0.15, -0.1) is 11.3 Å². The number of ether oxygens (including phenoxy) is 2. The van der Waals surface area contributed by atoms with E-state index in [0.717, 1.165) is 40.2 Å². The summed E-state index contributed by atoms with van der Waals surface area (Å²) in [5.74, 6) is -2.51. The van der Waals surface area contributed by atoms with Gasteiger partial charge in [0, 0.05) is 36.4 Å². The van der Waals surface area contributed by atoms with Crippen LogP contribution in [-0.2, 0) is 47.0 Å². The molecule has 5 atom stereocenters. The van der Waals surface area contributed by atoms with E-state index >= 15 is 0 Å². The number of aryl methyl sites for hydroxylation is 1. The van der Waals surface area contributed by atoms with Gasteiger partial charge in [0.05, 0.1) is 22.5 Å². The van der Waals surface area contributed by atoms with E-state index in [0.29, 0.717) is 38.8 Å². The second-order valence-corrected chi connectivity index (χ2v) is 19.6. The first-order valence-electron chi connectivity index (χ1n) is 19.4. The minimum atomic E-state index is -3.91. The minimum Gasteiger partial charge on any atom is -0.444 e. The van der Waals surface area contributed by atoms with Gasteiger partial charge in [0.25, 0.3) is 5.91 Å². The number of sulfonamides is 1. The van der Waals surface area contributed by atoms with Gasteiger partial charge < -0.3 is 25.0 Å². The van der Waals surface area contributed by atoms with E-state index in [1.165, 1.54) is 4.90 Å². The Morgan fingerprint density at radius 1 is 1.05 bits per heavy atom. The molecule has 0 unspecified atom stereocenters. The molecule has 1 aromatic carbocycles. The van der Waals surface area contributed by atoms with E-state index in [4.69, 9.17) is 9.47 Å². The third-order valence-corrected chi connectivity index (χ3v) is 13.5. The van der Waals surface area contributed by atoms with Gasteiger partial charge >= 0.3 is 12.2 Å². The fourth-order valence-electron chi connectivity index (χ4n) is 7.69. The number of hydrogen-bond acceptors (Lipinski definition) is 11. The summed E-state index contributed by atoms with van der Waals surface area (Å²) < 4.78 is 39.3. The number of nitrogens with zero attached hydrogens (tertiary/aromatic N) is 3. The van der Waals surface area contributed by atoms with Crippen LogP contribution >= 0.6 is 11.3 Å². The first-order chi connectivity index (χ1) is 26.5. The van der Waals surface area contributed by atoms with E-state index in [1.807, 2.05) is 42.7 Å². The molecule has 0 spiro atoms. The predicted molar refractivity (Wildman–Crippen MR) is 206 cm³/mol. The van der Waals surface area contributed by atoms with Crippen LogP contribution in [0.4, 0.5) is 9.59 Å². The zero-order valence-electron chi connectivity index (χ0n) is 32.2. The first-order valence-corrected chi connectivity index (χ1v) is 21.8. The lowest BCUT2D eigenvalue weighted by Crippen LogP contribution is -2.58. The van der Waals surface area contributed by atoms with Crippen LogP contribution in [0.5, 0.6) is 0 Å². The number of fused-ring (bicyclic) bond motifs is 3. The number of hydrogen-bond donors (Lipinski definition) is 3. The number of nitrogens with one attached hydrogen (secondary N) is 3. The molecule has 3 N–H and O–H groups in total. The second kappa shape index (κ2) is 15.4. The van der Waals surface area contributed by atoms with E-state index < -0.39 is 80.4 Å². The lowest BCUT2D eigenvalue weighted by atomic mass is 10.0. The van der Waals surface area contributed by atoms with Crippen molar-refractivity contribution in [2.24, 2.45) is 5.92 Å². The molecular weight excluding hydrogens is 761 g/mol. The summed E-state index contributed by atoms with van der Waals surface area (Å²) >= 11 is 1.56. The van der Waals surface area contributed by atoms with Crippen molar-refractivity contribution in [2.45, 2.75) is 133 Å². The SMILES string of the molecule is Cc1nc(-c2ccc3c(c2)CN(C(=O)O[C@@H]2C[C@H]4C(=O)N[C@]5(C(=O)NS(=O)(=O)C6CC6)C[C@H]5/C=C/CCCCC[C@H](NC(=O)OC(C)(C)C)C(=O)N4C2)C3)cs1. The third kappa shape index (κ3) is 8.88. The molecule has 0 radical (unpaired) electrons. The van der Waals surface area contributed by atoms with Crippen molar-refractivity contribution >= 4 is 51.3 Å². The van der Waals surface area contributed by atoms with Gasteiger partial charge in [-0.2, -0.15) is 0 Å². The number of alkyl carbamates (subject to hydrolysis) is 1. The fraction of sp³-hybridized carbons (Fsp3) is 0.590. The monoisotopic (exact) mass is 810 g/mol. The second-order valence-electron chi connectivity index (χ2n) is 16.6. The van der Waals surface area contributed by atoms with E-state index in [1.54, 1.807) is 37.0 Å². The molecule has 1 saturated heterocycles. The van der Waals surface area contributed by atoms with Crippen LogP contribution in [0.3, 0.4) is 0 Å². The minimum absolute atomic E-state index is 0.0742. The van der Waals surface area contributed by atoms with Gasteiger partial charge in [-0.05, 0) is 83.4 Å². The van der Waals surface area contributed by atoms with Crippen LogP contribution in [0.25, 0.3) is 11.3 Å². The Morgan fingerprint density at radius 2 is 1.82 bits per heavy atom. The highest BCUT2D eigenvalue weighted by atomic mass is 32.2. The number of amides is 5. The van der Waals surface area contributed by atoms with Gasteiger partial charge in [-0.3, -0.25) is 24.0 Å². The molecule has 3 aliphatic heterocycles. The summed E-state index contributed by atoms with van der Waals surface area (Å²) in [4.78, 5) is 76.5. The van der Waals surface area contributed by atoms with E-state index in [9.17, 15) is 32.4 Å². The molecule has 2 aromatic rings. The number of rotatable bonds is 6. The van der Waals surface area contributed by atoms with Crippen molar-refractivity contribution < 1.29 is 41.9 Å². The molecule has 2 aliphatic carbocycles. The van der Waals surface area contributed by atoms with E-state index in [2.05, 4.69) is 20.3 Å². The summed E-state index contributed by atoms with van der Waals surface area (Å²) in [5.41, 5.74) is 1.40. The molecule has 302 valence electrons. The number of benzene rings is 1. The molecule has 3 fully saturated rings. The maximum atomic E-state index is 14.4. The van der Waals surface area contributed by atoms with Crippen LogP contribution < -0.4 is 15.4 Å². The Bertz CT molecular complexity index is 2040. The Hall–Kier alpha value is -4.51. The van der Waals surface area contributed by atoms with Crippen molar-refractivity contribution in [3.05, 3.63) is 51.9 Å². The molecule has 5 amide bonds. The summed E-state index contributed by atoms with van der Waals surface area (Å²) in [6, 6.07) is 3.73. The molecule has 1 aromatic heterocycles. The Labute approximate surface area is 331 Å². The summed E-state index contributed by atoms with van der Waals surface area (Å²) in [6.07, 6.45) is 5.57. The van der Waals surface area contributed by atoms with Gasteiger partial charge in [0.1, 0.15) is 29.3 Å². The topological polar surface area (TPSA) is 193 Å². The average Bonchev–Trinajstić information content (AvgIpc) is 3.94. The quantitative estimate of drug-likeness (QED) is 0.352. The number of carbonyl (C=O) groups excluding carboxylic acids is 5. The molecule has 4 heterocycles. The highest BCUT2D eigenvalue weighted by Gasteiger charge is 2.62. The van der Waals surface area contributed by atoms with Crippen molar-refractivity contribution in [1.29, 1.82) is 0 Å². The number of carbonyl (C=O) groups is 5. The molecule has 5 aliphatic rings. The van der Waals surface area contributed by atoms with Crippen LogP contribution in [0.1, 0.15) is 94.7 Å². The van der Waals surface area contributed by atoms with Gasteiger partial charge in [0.2, 0.25) is 21.8 Å². The lowest BCUT2D eigenvalue weighted by molar-refractivity contribution is -0.141. The van der Waals surface area contributed by atoms with Crippen LogP contribution in [-0.4, -0.2) is 94.2 Å². The highest BCUT2D eigenvalue weighted by molar-refractivity contribution is 7.91. The van der Waals surface area contributed by atoms with Gasteiger partial charge in [0.15, 0.2) is 0 Å². The van der Waals surface area contributed by atoms with Crippen LogP contribution in [0.2, 0.25) is 0 Å². The Kier molecular flexibility index (Phi) is 11.0. The molecule has 2 saturated carbocycles. The zero-order valence-corrected chi connectivity index (χ0v) is 33.8. The Balaban J connectivity index is 1.11. The van der Waals surface area contributed by atoms with Crippen LogP contribution in [0.15, 0.2) is 35.7 Å². The summed E-state index contributed by atoms with van der Waals surface area (Å²) in [6.45, 7) is 7.58. The molecule has 0 bridgehead atoms. The molecule has 56 heavy (non-hydrogen) atoms. The average molecular weight is 811 g/mol. The normalized spacial score (nSPS) is 27.4. The smallest absolute Gasteiger partial charge is 0.410 e. The predicted octanol–water partition coefficient (Wildman–Crippen LogP) is 4.44. The standard InChI is InChI=1S/C39H50N6O9S2/c1-23-40-31(22-55-23)24-12-13-25-19-44(20-26(25)16-24)37(50)53-28-17-32-33(46)42-39(35(48)43-56(51,52)29-14-15-29)18-27(39)10-8-6-5-7-9-11-30(34(47)45(32)21-28)41-36(49)54-38(2,3)4/h8,10,12-13,16,22,27-30,32H,5-7,9,11,14-15,17-21H2,1-4H3,(H,41,49)(H,42,46)(H,43,48)/b10-8+/t27-,28-,30+,32+,39-/m1/s1. The van der Waals surface area contributed by atoms with Crippen molar-refractivity contribution in [3.8, 4) is 11.3 Å². The van der Waals surface area contributed by atoms with Gasteiger partial charge in [-0.25, -0.2) is 23.0 Å². The number of thiazole rings is 1. The lowest BCUT2D eigenvalue weighted by Gasteiger charge is -2.30. The molecular formula is C39H50N6O9S2. The molecule has 7 rings (SSSR count). The summed E-state index contributed by atoms with van der Waals surface area (Å²) in [5, 5.41) is 7.84. The number of aromatic nitrogens is 1. The maximum Gasteiger partial charge on any atom is 0.410 e. The van der Waals surface area contributed by atoms with Gasteiger partial charge in [-0.1, -0.05) is 37.1 Å². The maximum absolute atomic E-state index is 14.4. The largest absolute Gasteiger partial charge is 0.444 e. The fourth-order valence-corrected chi connectivity index (χ4v) is 9.68. The Morgan fingerprint density at radius 3 is 2.54 bits per heavy atom. The molecule has 15 nitrogen and oxygen atoms in total. The van der Waals surface area contributed by atoms with Crippen molar-refractivity contribution in [3.63, 3.8) is 0 Å². The van der Waals surface area contributed by atoms with E-state index in [-0.39, 0.29) is 25.8 Å².